The summed E-state index contributed by atoms with van der Waals surface area (Å²) in [6.45, 7) is 3.34. The lowest BCUT2D eigenvalue weighted by molar-refractivity contribution is -0.150. The van der Waals surface area contributed by atoms with Crippen LogP contribution in [-0.4, -0.2) is 37.0 Å². The zero-order chi connectivity index (χ0) is 19.7. The fraction of sp³-hybridized carbons (Fsp3) is 0.389. The summed E-state index contributed by atoms with van der Waals surface area (Å²) in [5.41, 5.74) is 0.185. The zero-order valence-corrected chi connectivity index (χ0v) is 16.0. The minimum Gasteiger partial charge on any atom is -0.454 e. The highest BCUT2D eigenvalue weighted by molar-refractivity contribution is 6.36. The molecule has 0 heterocycles. The average molecular weight is 399 g/mol. The molecule has 6 nitrogen and oxygen atoms in total. The van der Waals surface area contributed by atoms with E-state index in [-0.39, 0.29) is 23.0 Å². The fourth-order valence-electron chi connectivity index (χ4n) is 2.03. The molecule has 0 aromatic heterocycles. The summed E-state index contributed by atoms with van der Waals surface area (Å²) >= 11 is 11.8. The van der Waals surface area contributed by atoms with E-state index < -0.39 is 30.4 Å². The van der Waals surface area contributed by atoms with Crippen molar-refractivity contribution in [1.29, 1.82) is 0 Å². The van der Waals surface area contributed by atoms with Gasteiger partial charge in [-0.2, -0.15) is 0 Å². The average Bonchev–Trinajstić information content (AvgIpc) is 2.56. The van der Waals surface area contributed by atoms with E-state index in [2.05, 4.69) is 16.6 Å². The Hall–Kier alpha value is -2.23. The highest BCUT2D eigenvalue weighted by atomic mass is 35.5. The molecule has 0 bridgehead atoms. The molecule has 1 atom stereocenters. The number of amides is 2. The van der Waals surface area contributed by atoms with Gasteiger partial charge >= 0.3 is 5.97 Å². The Morgan fingerprint density at radius 2 is 1.96 bits per heavy atom. The highest BCUT2D eigenvalue weighted by Gasteiger charge is 2.25. The Kier molecular flexibility index (Phi) is 8.97. The van der Waals surface area contributed by atoms with Crippen molar-refractivity contribution in [2.45, 2.75) is 26.3 Å². The van der Waals surface area contributed by atoms with Gasteiger partial charge in [-0.05, 0) is 30.5 Å². The summed E-state index contributed by atoms with van der Waals surface area (Å²) in [5.74, 6) is 0.566. The van der Waals surface area contributed by atoms with Gasteiger partial charge in [0.2, 0.25) is 0 Å². The second-order valence-corrected chi connectivity index (χ2v) is 6.71. The topological polar surface area (TPSA) is 84.5 Å². The fourth-order valence-corrected chi connectivity index (χ4v) is 2.53. The molecule has 2 N–H and O–H groups in total. The number of carbonyl (C=O) groups is 3. The highest BCUT2D eigenvalue weighted by Crippen LogP contribution is 2.21. The minimum absolute atomic E-state index is 0.0393. The molecule has 0 aliphatic heterocycles. The van der Waals surface area contributed by atoms with Crippen LogP contribution in [0.15, 0.2) is 18.2 Å². The van der Waals surface area contributed by atoms with E-state index in [1.165, 1.54) is 18.2 Å². The second-order valence-electron chi connectivity index (χ2n) is 5.87. The van der Waals surface area contributed by atoms with E-state index in [1.54, 1.807) is 0 Å². The van der Waals surface area contributed by atoms with Crippen LogP contribution in [0.3, 0.4) is 0 Å². The molecule has 0 spiro atoms. The van der Waals surface area contributed by atoms with Gasteiger partial charge in [-0.1, -0.05) is 43.0 Å². The number of hydrogen-bond acceptors (Lipinski definition) is 4. The lowest BCUT2D eigenvalue weighted by Gasteiger charge is -2.19. The monoisotopic (exact) mass is 398 g/mol. The maximum Gasteiger partial charge on any atom is 0.329 e. The maximum atomic E-state index is 12.4. The molecule has 0 radical (unpaired) electrons. The summed E-state index contributed by atoms with van der Waals surface area (Å²) < 4.78 is 4.96. The van der Waals surface area contributed by atoms with Crippen molar-refractivity contribution in [1.82, 2.24) is 10.6 Å². The van der Waals surface area contributed by atoms with Crippen molar-refractivity contribution in [2.24, 2.45) is 5.92 Å². The van der Waals surface area contributed by atoms with Gasteiger partial charge in [-0.25, -0.2) is 4.79 Å². The molecular weight excluding hydrogens is 379 g/mol. The van der Waals surface area contributed by atoms with Crippen molar-refractivity contribution in [3.8, 4) is 12.3 Å². The number of ether oxygens (including phenoxy) is 1. The normalized spacial score (nSPS) is 11.4. The molecule has 0 saturated carbocycles. The Morgan fingerprint density at radius 1 is 1.27 bits per heavy atom. The van der Waals surface area contributed by atoms with Gasteiger partial charge in [-0.3, -0.25) is 9.59 Å². The molecule has 2 amide bonds. The third-order valence-electron chi connectivity index (χ3n) is 3.21. The zero-order valence-electron chi connectivity index (χ0n) is 14.5. The largest absolute Gasteiger partial charge is 0.454 e. The van der Waals surface area contributed by atoms with Crippen LogP contribution in [-0.2, 0) is 14.3 Å². The maximum absolute atomic E-state index is 12.4. The smallest absolute Gasteiger partial charge is 0.329 e. The molecule has 140 valence electrons. The van der Waals surface area contributed by atoms with Gasteiger partial charge in [0.15, 0.2) is 6.61 Å². The number of esters is 1. The molecule has 26 heavy (non-hydrogen) atoms. The molecule has 1 rings (SSSR count). The lowest BCUT2D eigenvalue weighted by atomic mass is 10.0. The molecule has 0 fully saturated rings. The predicted octanol–water partition coefficient (Wildman–Crippen LogP) is 2.43. The van der Waals surface area contributed by atoms with E-state index in [9.17, 15) is 14.4 Å². The Morgan fingerprint density at radius 3 is 2.54 bits per heavy atom. The van der Waals surface area contributed by atoms with E-state index in [1.807, 2.05) is 13.8 Å². The minimum atomic E-state index is -0.922. The molecule has 0 aliphatic carbocycles. The van der Waals surface area contributed by atoms with Gasteiger partial charge in [0.25, 0.3) is 11.8 Å². The SMILES string of the molecule is C#CCNC(=O)COC(=O)[C@@H](CC(C)C)NC(=O)c1ccc(Cl)cc1Cl. The molecule has 0 saturated heterocycles. The van der Waals surface area contributed by atoms with Crippen LogP contribution < -0.4 is 10.6 Å². The van der Waals surface area contributed by atoms with Crippen LogP contribution in [0.25, 0.3) is 0 Å². The lowest BCUT2D eigenvalue weighted by Crippen LogP contribution is -2.43. The quantitative estimate of drug-likeness (QED) is 0.520. The number of benzene rings is 1. The van der Waals surface area contributed by atoms with Gasteiger partial charge in [-0.15, -0.1) is 6.42 Å². The molecule has 1 aromatic rings. The van der Waals surface area contributed by atoms with Crippen LogP contribution in [0.4, 0.5) is 0 Å². The molecule has 8 heteroatoms. The first-order valence-corrected chi connectivity index (χ1v) is 8.62. The Balaban J connectivity index is 2.76. The third kappa shape index (κ3) is 7.34. The number of nitrogens with one attached hydrogen (secondary N) is 2. The number of halogens is 2. The number of hydrogen-bond donors (Lipinski definition) is 2. The third-order valence-corrected chi connectivity index (χ3v) is 3.75. The van der Waals surface area contributed by atoms with Gasteiger partial charge in [0.1, 0.15) is 6.04 Å². The van der Waals surface area contributed by atoms with E-state index in [0.717, 1.165) is 0 Å². The van der Waals surface area contributed by atoms with Crippen LogP contribution in [0.2, 0.25) is 10.0 Å². The first-order valence-electron chi connectivity index (χ1n) is 7.87. The first kappa shape index (κ1) is 21.8. The Bertz CT molecular complexity index is 714. The summed E-state index contributed by atoms with van der Waals surface area (Å²) in [6.07, 6.45) is 5.36. The van der Waals surface area contributed by atoms with Crippen molar-refractivity contribution in [3.05, 3.63) is 33.8 Å². The van der Waals surface area contributed by atoms with Gasteiger partial charge in [0, 0.05) is 5.02 Å². The number of rotatable bonds is 8. The van der Waals surface area contributed by atoms with Crippen LogP contribution in [0, 0.1) is 18.3 Å². The standard InChI is InChI=1S/C18H20Cl2N2O4/c1-4-7-21-16(23)10-26-18(25)15(8-11(2)3)22-17(24)13-6-5-12(19)9-14(13)20/h1,5-6,9,11,15H,7-8,10H2,2-3H3,(H,21,23)(H,22,24)/t15-/m1/s1. The van der Waals surface area contributed by atoms with Gasteiger partial charge < -0.3 is 15.4 Å². The van der Waals surface area contributed by atoms with Crippen molar-refractivity contribution in [2.75, 3.05) is 13.2 Å². The molecule has 0 unspecified atom stereocenters. The summed E-state index contributed by atoms with van der Waals surface area (Å²) in [6, 6.07) is 3.50. The number of terminal acetylenes is 1. The summed E-state index contributed by atoms with van der Waals surface area (Å²) in [5, 5.41) is 5.52. The van der Waals surface area contributed by atoms with E-state index >= 15 is 0 Å². The second kappa shape index (κ2) is 10.7. The van der Waals surface area contributed by atoms with Crippen molar-refractivity contribution in [3.63, 3.8) is 0 Å². The summed E-state index contributed by atoms with van der Waals surface area (Å²) in [4.78, 5) is 36.1. The van der Waals surface area contributed by atoms with E-state index in [4.69, 9.17) is 34.4 Å². The van der Waals surface area contributed by atoms with Crippen LogP contribution >= 0.6 is 23.2 Å². The number of carbonyl (C=O) groups excluding carboxylic acids is 3. The van der Waals surface area contributed by atoms with Crippen molar-refractivity contribution < 1.29 is 19.1 Å². The van der Waals surface area contributed by atoms with Crippen LogP contribution in [0.1, 0.15) is 30.6 Å². The summed E-state index contributed by atoms with van der Waals surface area (Å²) in [7, 11) is 0. The Labute approximate surface area is 162 Å². The van der Waals surface area contributed by atoms with E-state index in [0.29, 0.717) is 11.4 Å². The molecular formula is C18H20Cl2N2O4. The van der Waals surface area contributed by atoms with Gasteiger partial charge in [0.05, 0.1) is 17.1 Å². The predicted molar refractivity (Wildman–Crippen MR) is 100.0 cm³/mol. The first-order chi connectivity index (χ1) is 12.2. The van der Waals surface area contributed by atoms with Crippen LogP contribution in [0.5, 0.6) is 0 Å². The molecule has 1 aromatic carbocycles. The molecule has 0 aliphatic rings. The van der Waals surface area contributed by atoms with Crippen molar-refractivity contribution >= 4 is 41.0 Å².